The Hall–Kier alpha value is -0.0800. The van der Waals surface area contributed by atoms with Gasteiger partial charge in [-0.2, -0.15) is 0 Å². The Morgan fingerprint density at radius 1 is 1.42 bits per heavy atom. The zero-order valence-electron chi connectivity index (χ0n) is 8.18. The molecule has 2 heteroatoms. The number of hydrogen-bond acceptors (Lipinski definition) is 2. The SMILES string of the molecule is CN(CC1(C)COC1)C1CCC1. The lowest BCUT2D eigenvalue weighted by atomic mass is 9.85. The van der Waals surface area contributed by atoms with Crippen LogP contribution >= 0.6 is 0 Å². The molecule has 0 aromatic rings. The van der Waals surface area contributed by atoms with E-state index in [1.807, 2.05) is 0 Å². The highest BCUT2D eigenvalue weighted by atomic mass is 16.5. The quantitative estimate of drug-likeness (QED) is 0.635. The fourth-order valence-corrected chi connectivity index (χ4v) is 2.10. The molecule has 0 bridgehead atoms. The van der Waals surface area contributed by atoms with Crippen molar-refractivity contribution >= 4 is 0 Å². The van der Waals surface area contributed by atoms with Crippen LogP contribution in [0.1, 0.15) is 26.2 Å². The van der Waals surface area contributed by atoms with E-state index in [4.69, 9.17) is 4.74 Å². The van der Waals surface area contributed by atoms with Gasteiger partial charge in [-0.25, -0.2) is 0 Å². The lowest BCUT2D eigenvalue weighted by molar-refractivity contribution is -0.118. The Morgan fingerprint density at radius 2 is 2.08 bits per heavy atom. The number of nitrogens with zero attached hydrogens (tertiary/aromatic N) is 1. The highest BCUT2D eigenvalue weighted by molar-refractivity contribution is 4.87. The summed E-state index contributed by atoms with van der Waals surface area (Å²) in [6, 6.07) is 0.877. The highest BCUT2D eigenvalue weighted by Crippen LogP contribution is 2.31. The van der Waals surface area contributed by atoms with Crippen LogP contribution < -0.4 is 0 Å². The fourth-order valence-electron chi connectivity index (χ4n) is 2.10. The van der Waals surface area contributed by atoms with E-state index in [1.165, 1.54) is 25.8 Å². The lowest BCUT2D eigenvalue weighted by Gasteiger charge is -2.45. The first-order valence-electron chi connectivity index (χ1n) is 4.98. The Morgan fingerprint density at radius 3 is 2.42 bits per heavy atom. The lowest BCUT2D eigenvalue weighted by Crippen LogP contribution is -2.51. The fraction of sp³-hybridized carbons (Fsp3) is 1.00. The van der Waals surface area contributed by atoms with Crippen molar-refractivity contribution in [3.8, 4) is 0 Å². The van der Waals surface area contributed by atoms with Crippen molar-refractivity contribution in [3.05, 3.63) is 0 Å². The van der Waals surface area contributed by atoms with Crippen LogP contribution in [-0.4, -0.2) is 37.7 Å². The normalized spacial score (nSPS) is 28.2. The third kappa shape index (κ3) is 1.50. The molecule has 70 valence electrons. The van der Waals surface area contributed by atoms with Crippen molar-refractivity contribution in [1.82, 2.24) is 4.90 Å². The van der Waals surface area contributed by atoms with E-state index < -0.39 is 0 Å². The summed E-state index contributed by atoms with van der Waals surface area (Å²) < 4.78 is 5.24. The molecule has 0 atom stereocenters. The molecule has 12 heavy (non-hydrogen) atoms. The smallest absolute Gasteiger partial charge is 0.0554 e. The molecule has 1 heterocycles. The van der Waals surface area contributed by atoms with Crippen molar-refractivity contribution in [2.75, 3.05) is 26.8 Å². The van der Waals surface area contributed by atoms with E-state index >= 15 is 0 Å². The molecule has 1 saturated carbocycles. The third-order valence-electron chi connectivity index (χ3n) is 3.23. The molecule has 0 N–H and O–H groups in total. The molecule has 0 spiro atoms. The van der Waals surface area contributed by atoms with Crippen LogP contribution in [0.3, 0.4) is 0 Å². The maximum Gasteiger partial charge on any atom is 0.0554 e. The van der Waals surface area contributed by atoms with Gasteiger partial charge in [-0.1, -0.05) is 13.3 Å². The summed E-state index contributed by atoms with van der Waals surface area (Å²) in [4.78, 5) is 2.52. The molecule has 0 aromatic carbocycles. The monoisotopic (exact) mass is 169 g/mol. The van der Waals surface area contributed by atoms with Gasteiger partial charge in [0.05, 0.1) is 13.2 Å². The van der Waals surface area contributed by atoms with Gasteiger partial charge in [0, 0.05) is 18.0 Å². The average Bonchev–Trinajstić information content (AvgIpc) is 1.79. The minimum atomic E-state index is 0.463. The summed E-state index contributed by atoms with van der Waals surface area (Å²) in [5.41, 5.74) is 0.463. The van der Waals surface area contributed by atoms with E-state index in [0.29, 0.717) is 5.41 Å². The predicted molar refractivity (Wildman–Crippen MR) is 49.2 cm³/mol. The van der Waals surface area contributed by atoms with Crippen molar-refractivity contribution in [1.29, 1.82) is 0 Å². The van der Waals surface area contributed by atoms with Crippen molar-refractivity contribution in [2.45, 2.75) is 32.2 Å². The summed E-state index contributed by atoms with van der Waals surface area (Å²) in [7, 11) is 2.26. The second-order valence-corrected chi connectivity index (χ2v) is 4.80. The third-order valence-corrected chi connectivity index (χ3v) is 3.23. The molecule has 2 aliphatic rings. The van der Waals surface area contributed by atoms with E-state index in [2.05, 4.69) is 18.9 Å². The van der Waals surface area contributed by atoms with Gasteiger partial charge in [0.2, 0.25) is 0 Å². The Labute approximate surface area is 74.9 Å². The Kier molecular flexibility index (Phi) is 2.13. The summed E-state index contributed by atoms with van der Waals surface area (Å²) >= 11 is 0. The first-order valence-corrected chi connectivity index (χ1v) is 4.98. The zero-order chi connectivity index (χ0) is 8.60. The molecular weight excluding hydrogens is 150 g/mol. The largest absolute Gasteiger partial charge is 0.380 e. The van der Waals surface area contributed by atoms with Gasteiger partial charge in [-0.3, -0.25) is 0 Å². The number of hydrogen-bond donors (Lipinski definition) is 0. The first kappa shape index (κ1) is 8.52. The second kappa shape index (κ2) is 3.00. The molecule has 0 radical (unpaired) electrons. The maximum atomic E-state index is 5.24. The summed E-state index contributed by atoms with van der Waals surface area (Å²) in [6.45, 7) is 5.47. The van der Waals surface area contributed by atoms with Gasteiger partial charge in [0.1, 0.15) is 0 Å². The first-order chi connectivity index (χ1) is 5.70. The van der Waals surface area contributed by atoms with Crippen LogP contribution in [0, 0.1) is 5.41 Å². The summed E-state index contributed by atoms with van der Waals surface area (Å²) in [5.74, 6) is 0. The van der Waals surface area contributed by atoms with Crippen LogP contribution in [0.2, 0.25) is 0 Å². The van der Waals surface area contributed by atoms with Gasteiger partial charge < -0.3 is 9.64 Å². The van der Waals surface area contributed by atoms with Crippen LogP contribution in [-0.2, 0) is 4.74 Å². The van der Waals surface area contributed by atoms with Crippen LogP contribution in [0.5, 0.6) is 0 Å². The van der Waals surface area contributed by atoms with E-state index in [9.17, 15) is 0 Å². The van der Waals surface area contributed by atoms with Crippen LogP contribution in [0.4, 0.5) is 0 Å². The van der Waals surface area contributed by atoms with Crippen molar-refractivity contribution in [2.24, 2.45) is 5.41 Å². The minimum absolute atomic E-state index is 0.463. The molecule has 0 unspecified atom stereocenters. The zero-order valence-corrected chi connectivity index (χ0v) is 8.18. The Balaban J connectivity index is 1.77. The van der Waals surface area contributed by atoms with Gasteiger partial charge in [-0.05, 0) is 19.9 Å². The van der Waals surface area contributed by atoms with Crippen LogP contribution in [0.15, 0.2) is 0 Å². The van der Waals surface area contributed by atoms with Crippen molar-refractivity contribution in [3.63, 3.8) is 0 Å². The molecular formula is C10H19NO. The van der Waals surface area contributed by atoms with E-state index in [1.54, 1.807) is 0 Å². The predicted octanol–water partition coefficient (Wildman–Crippen LogP) is 1.51. The van der Waals surface area contributed by atoms with Crippen LogP contribution in [0.25, 0.3) is 0 Å². The topological polar surface area (TPSA) is 12.5 Å². The molecule has 1 aliphatic carbocycles. The summed E-state index contributed by atoms with van der Waals surface area (Å²) in [5, 5.41) is 0. The van der Waals surface area contributed by atoms with Crippen molar-refractivity contribution < 1.29 is 4.74 Å². The highest BCUT2D eigenvalue weighted by Gasteiger charge is 2.36. The molecule has 2 fully saturated rings. The molecule has 0 aromatic heterocycles. The molecule has 1 saturated heterocycles. The maximum absolute atomic E-state index is 5.24. The minimum Gasteiger partial charge on any atom is -0.380 e. The van der Waals surface area contributed by atoms with Gasteiger partial charge in [-0.15, -0.1) is 0 Å². The van der Waals surface area contributed by atoms with Gasteiger partial charge in [0.25, 0.3) is 0 Å². The number of ether oxygens (including phenoxy) is 1. The van der Waals surface area contributed by atoms with E-state index in [-0.39, 0.29) is 0 Å². The Bertz CT molecular complexity index is 161. The van der Waals surface area contributed by atoms with Gasteiger partial charge >= 0.3 is 0 Å². The molecule has 2 nitrogen and oxygen atoms in total. The van der Waals surface area contributed by atoms with E-state index in [0.717, 1.165) is 19.3 Å². The van der Waals surface area contributed by atoms with Gasteiger partial charge in [0.15, 0.2) is 0 Å². The average molecular weight is 169 g/mol. The molecule has 0 amide bonds. The second-order valence-electron chi connectivity index (χ2n) is 4.80. The molecule has 1 aliphatic heterocycles. The standard InChI is InChI=1S/C10H19NO/c1-10(7-12-8-10)6-11(2)9-4-3-5-9/h9H,3-8H2,1-2H3. The number of rotatable bonds is 3. The summed E-state index contributed by atoms with van der Waals surface area (Å²) in [6.07, 6.45) is 4.25. The molecule has 2 rings (SSSR count).